The molecule has 0 radical (unpaired) electrons. The molecule has 0 aromatic heterocycles. The number of nitrogens with two attached hydrogens (primary N) is 1. The SMILES string of the molecule is COC(=O)C[C@@H]1SC2=C(C(=O)NCc3ccccc3)[C@@H](c3ccccc3F)C(C#N)=C(N)N2C1=O. The number of nitrogens with zero attached hydrogens (tertiary/aromatic N) is 2. The second kappa shape index (κ2) is 10.0. The fourth-order valence-electron chi connectivity index (χ4n) is 4.04. The van der Waals surface area contributed by atoms with E-state index >= 15 is 0 Å². The molecule has 0 aliphatic carbocycles. The summed E-state index contributed by atoms with van der Waals surface area (Å²) in [7, 11) is 1.21. The molecule has 1 fully saturated rings. The number of benzene rings is 2. The number of halogens is 1. The van der Waals surface area contributed by atoms with Crippen molar-refractivity contribution in [2.24, 2.45) is 5.73 Å². The highest BCUT2D eigenvalue weighted by Crippen LogP contribution is 2.50. The lowest BCUT2D eigenvalue weighted by Gasteiger charge is -2.32. The molecule has 3 N–H and O–H groups in total. The van der Waals surface area contributed by atoms with E-state index in [2.05, 4.69) is 10.1 Å². The average Bonchev–Trinajstić information content (AvgIpc) is 3.19. The fourth-order valence-corrected chi connectivity index (χ4v) is 5.36. The van der Waals surface area contributed by atoms with E-state index in [4.69, 9.17) is 5.73 Å². The topological polar surface area (TPSA) is 126 Å². The van der Waals surface area contributed by atoms with Gasteiger partial charge in [0, 0.05) is 12.1 Å². The summed E-state index contributed by atoms with van der Waals surface area (Å²) in [6, 6.07) is 16.9. The zero-order valence-corrected chi connectivity index (χ0v) is 19.5. The molecule has 2 amide bonds. The Kier molecular flexibility index (Phi) is 6.89. The molecule has 4 rings (SSSR count). The molecule has 178 valence electrons. The molecular formula is C25H21FN4O4S. The van der Waals surface area contributed by atoms with Gasteiger partial charge >= 0.3 is 5.97 Å². The summed E-state index contributed by atoms with van der Waals surface area (Å²) >= 11 is 0.973. The molecule has 2 aromatic carbocycles. The van der Waals surface area contributed by atoms with E-state index in [0.717, 1.165) is 22.2 Å². The van der Waals surface area contributed by atoms with Crippen molar-refractivity contribution < 1.29 is 23.5 Å². The molecule has 2 heterocycles. The van der Waals surface area contributed by atoms with Crippen LogP contribution in [-0.4, -0.2) is 35.0 Å². The zero-order valence-electron chi connectivity index (χ0n) is 18.7. The lowest BCUT2D eigenvalue weighted by Crippen LogP contribution is -2.40. The van der Waals surface area contributed by atoms with Gasteiger partial charge in [0.15, 0.2) is 0 Å². The van der Waals surface area contributed by atoms with Crippen LogP contribution in [0.5, 0.6) is 0 Å². The third kappa shape index (κ3) is 4.50. The van der Waals surface area contributed by atoms with E-state index in [9.17, 15) is 24.0 Å². The standard InChI is InChI=1S/C25H21FN4O4S/c1-34-19(31)11-18-24(33)30-22(28)16(12-27)20(15-9-5-6-10-17(15)26)21(25(30)35-18)23(32)29-13-14-7-3-2-4-8-14/h2-10,18,20H,11,13,28H2,1H3,(H,29,32)/t18-,20-/m0/s1. The van der Waals surface area contributed by atoms with Gasteiger partial charge in [-0.2, -0.15) is 5.26 Å². The molecule has 2 aliphatic rings. The summed E-state index contributed by atoms with van der Waals surface area (Å²) in [5.74, 6) is -3.70. The van der Waals surface area contributed by atoms with Crippen molar-refractivity contribution in [3.63, 3.8) is 0 Å². The first-order valence-corrected chi connectivity index (χ1v) is 11.5. The van der Waals surface area contributed by atoms with Crippen molar-refractivity contribution in [2.75, 3.05) is 7.11 Å². The second-order valence-corrected chi connectivity index (χ2v) is 9.00. The van der Waals surface area contributed by atoms with E-state index in [-0.39, 0.29) is 40.5 Å². The molecule has 0 unspecified atom stereocenters. The largest absolute Gasteiger partial charge is 0.469 e. The van der Waals surface area contributed by atoms with Gasteiger partial charge in [-0.1, -0.05) is 60.3 Å². The number of nitriles is 1. The third-order valence-corrected chi connectivity index (χ3v) is 7.01. The number of allylic oxidation sites excluding steroid dienone is 1. The minimum Gasteiger partial charge on any atom is -0.469 e. The number of hydrogen-bond donors (Lipinski definition) is 2. The van der Waals surface area contributed by atoms with Crippen molar-refractivity contribution in [2.45, 2.75) is 24.1 Å². The highest BCUT2D eigenvalue weighted by atomic mass is 32.2. The maximum Gasteiger partial charge on any atom is 0.307 e. The number of nitrogens with one attached hydrogen (secondary N) is 1. The van der Waals surface area contributed by atoms with E-state index in [1.165, 1.54) is 25.3 Å². The lowest BCUT2D eigenvalue weighted by atomic mass is 9.82. The molecular weight excluding hydrogens is 471 g/mol. The number of esters is 1. The number of ether oxygens (including phenoxy) is 1. The van der Waals surface area contributed by atoms with Crippen LogP contribution in [0.3, 0.4) is 0 Å². The quantitative estimate of drug-likeness (QED) is 0.594. The van der Waals surface area contributed by atoms with Crippen LogP contribution in [-0.2, 0) is 25.7 Å². The lowest BCUT2D eigenvalue weighted by molar-refractivity contribution is -0.142. The first kappa shape index (κ1) is 24.0. The van der Waals surface area contributed by atoms with Gasteiger partial charge in [0.1, 0.15) is 16.9 Å². The average molecular weight is 493 g/mol. The van der Waals surface area contributed by atoms with Crippen LogP contribution in [0, 0.1) is 17.1 Å². The number of amides is 2. The van der Waals surface area contributed by atoms with Gasteiger partial charge in [-0.15, -0.1) is 0 Å². The smallest absolute Gasteiger partial charge is 0.307 e. The van der Waals surface area contributed by atoms with Crippen LogP contribution in [0.2, 0.25) is 0 Å². The number of fused-ring (bicyclic) bond motifs is 1. The van der Waals surface area contributed by atoms with Crippen LogP contribution in [0.4, 0.5) is 4.39 Å². The van der Waals surface area contributed by atoms with Crippen molar-refractivity contribution in [3.8, 4) is 6.07 Å². The van der Waals surface area contributed by atoms with Crippen molar-refractivity contribution in [1.29, 1.82) is 5.26 Å². The monoisotopic (exact) mass is 492 g/mol. The van der Waals surface area contributed by atoms with E-state index in [0.29, 0.717) is 0 Å². The molecule has 0 saturated carbocycles. The van der Waals surface area contributed by atoms with Crippen molar-refractivity contribution in [1.82, 2.24) is 10.2 Å². The summed E-state index contributed by atoms with van der Waals surface area (Å²) in [6.07, 6.45) is -0.252. The Balaban J connectivity index is 1.83. The maximum absolute atomic E-state index is 14.9. The molecule has 2 atom stereocenters. The Labute approximate surface area is 205 Å². The normalized spacial score (nSPS) is 19.3. The molecule has 35 heavy (non-hydrogen) atoms. The van der Waals surface area contributed by atoms with Gasteiger partial charge in [-0.05, 0) is 11.6 Å². The number of carbonyl (C=O) groups excluding carboxylic acids is 3. The highest BCUT2D eigenvalue weighted by molar-refractivity contribution is 8.04. The van der Waals surface area contributed by atoms with Gasteiger partial charge < -0.3 is 15.8 Å². The zero-order chi connectivity index (χ0) is 25.1. The van der Waals surface area contributed by atoms with Gasteiger partial charge in [-0.25, -0.2) is 4.39 Å². The Morgan fingerprint density at radius 3 is 2.54 bits per heavy atom. The second-order valence-electron chi connectivity index (χ2n) is 7.81. The number of hydrogen-bond acceptors (Lipinski definition) is 7. The minimum atomic E-state index is -1.14. The molecule has 2 aromatic rings. The van der Waals surface area contributed by atoms with E-state index in [1.54, 1.807) is 6.07 Å². The molecule has 10 heteroatoms. The Morgan fingerprint density at radius 2 is 1.89 bits per heavy atom. The van der Waals surface area contributed by atoms with Crippen LogP contribution in [0.25, 0.3) is 0 Å². The van der Waals surface area contributed by atoms with Crippen molar-refractivity contribution >= 4 is 29.5 Å². The summed E-state index contributed by atoms with van der Waals surface area (Å²) in [4.78, 5) is 39.7. The Hall–Kier alpha value is -4.10. The molecule has 2 aliphatic heterocycles. The highest BCUT2D eigenvalue weighted by Gasteiger charge is 2.49. The fraction of sp³-hybridized carbons (Fsp3) is 0.200. The van der Waals surface area contributed by atoms with Gasteiger partial charge in [0.2, 0.25) is 5.91 Å². The van der Waals surface area contributed by atoms with Gasteiger partial charge in [0.25, 0.3) is 5.91 Å². The van der Waals surface area contributed by atoms with Crippen LogP contribution < -0.4 is 11.1 Å². The summed E-state index contributed by atoms with van der Waals surface area (Å²) < 4.78 is 19.6. The number of thioether (sulfide) groups is 1. The number of carbonyl (C=O) groups is 3. The van der Waals surface area contributed by atoms with Crippen molar-refractivity contribution in [3.05, 3.63) is 93.5 Å². The first-order chi connectivity index (χ1) is 16.9. The summed E-state index contributed by atoms with van der Waals surface area (Å²) in [6.45, 7) is 0.172. The predicted molar refractivity (Wildman–Crippen MR) is 126 cm³/mol. The third-order valence-electron chi connectivity index (χ3n) is 5.73. The Morgan fingerprint density at radius 1 is 1.20 bits per heavy atom. The maximum atomic E-state index is 14.9. The Bertz CT molecular complexity index is 1300. The van der Waals surface area contributed by atoms with Crippen LogP contribution in [0.1, 0.15) is 23.5 Å². The summed E-state index contributed by atoms with van der Waals surface area (Å²) in [5, 5.41) is 12.0. The molecule has 1 saturated heterocycles. The first-order valence-electron chi connectivity index (χ1n) is 10.6. The minimum absolute atomic E-state index is 0.0162. The van der Waals surface area contributed by atoms with Gasteiger partial charge in [0.05, 0.1) is 41.7 Å². The van der Waals surface area contributed by atoms with Gasteiger partial charge in [-0.3, -0.25) is 19.3 Å². The number of methoxy groups -OCH3 is 1. The number of rotatable bonds is 6. The summed E-state index contributed by atoms with van der Waals surface area (Å²) in [5.41, 5.74) is 7.03. The van der Waals surface area contributed by atoms with Crippen LogP contribution in [0.15, 0.2) is 76.6 Å². The molecule has 8 nitrogen and oxygen atoms in total. The molecule has 0 spiro atoms. The molecule has 0 bridgehead atoms. The van der Waals surface area contributed by atoms with E-state index < -0.39 is 34.8 Å². The van der Waals surface area contributed by atoms with Crippen LogP contribution >= 0.6 is 11.8 Å². The predicted octanol–water partition coefficient (Wildman–Crippen LogP) is 2.65. The van der Waals surface area contributed by atoms with E-state index in [1.807, 2.05) is 36.4 Å².